The highest BCUT2D eigenvalue weighted by atomic mass is 16.5. The number of nitrogens with one attached hydrogen (secondary N) is 1. The van der Waals surface area contributed by atoms with E-state index in [1.54, 1.807) is 10.9 Å². The fourth-order valence-electron chi connectivity index (χ4n) is 2.02. The summed E-state index contributed by atoms with van der Waals surface area (Å²) in [5.74, 6) is 0. The van der Waals surface area contributed by atoms with E-state index in [1.165, 1.54) is 12.8 Å². The number of rotatable bonds is 4. The highest BCUT2D eigenvalue weighted by Gasteiger charge is 2.16. The first kappa shape index (κ1) is 11.6. The van der Waals surface area contributed by atoms with E-state index in [9.17, 15) is 0 Å². The van der Waals surface area contributed by atoms with Gasteiger partial charge in [0.15, 0.2) is 0 Å². The van der Waals surface area contributed by atoms with Crippen LogP contribution in [0.3, 0.4) is 0 Å². The molecule has 3 N–H and O–H groups in total. The van der Waals surface area contributed by atoms with Crippen LogP contribution in [0.15, 0.2) is 12.3 Å². The monoisotopic (exact) mass is 224 g/mol. The van der Waals surface area contributed by atoms with E-state index in [4.69, 9.17) is 10.5 Å². The van der Waals surface area contributed by atoms with Gasteiger partial charge in [-0.15, -0.1) is 0 Å². The summed E-state index contributed by atoms with van der Waals surface area (Å²) in [5.41, 5.74) is 7.03. The number of hydrogen-bond acceptors (Lipinski definition) is 4. The number of hydrogen-bond donors (Lipinski definition) is 2. The molecule has 16 heavy (non-hydrogen) atoms. The summed E-state index contributed by atoms with van der Waals surface area (Å²) in [5, 5.41) is 7.39. The third kappa shape index (κ3) is 2.81. The van der Waals surface area contributed by atoms with Gasteiger partial charge in [-0.2, -0.15) is 5.10 Å². The highest BCUT2D eigenvalue weighted by Crippen LogP contribution is 2.13. The molecule has 1 aliphatic heterocycles. The number of nitrogens with two attached hydrogens (primary N) is 1. The third-order valence-corrected chi connectivity index (χ3v) is 3.02. The van der Waals surface area contributed by atoms with Crippen LogP contribution in [0.4, 0.5) is 0 Å². The van der Waals surface area contributed by atoms with E-state index in [1.807, 2.05) is 13.1 Å². The minimum absolute atomic E-state index is 0.168. The minimum Gasteiger partial charge on any atom is -0.377 e. The van der Waals surface area contributed by atoms with Gasteiger partial charge in [0.2, 0.25) is 0 Å². The molecule has 0 saturated carbocycles. The molecule has 90 valence electrons. The molecule has 0 aromatic carbocycles. The first-order valence-corrected chi connectivity index (χ1v) is 5.86. The number of aryl methyl sites for hydroxylation is 1. The van der Waals surface area contributed by atoms with Gasteiger partial charge in [-0.25, -0.2) is 0 Å². The molecule has 5 heteroatoms. The maximum absolute atomic E-state index is 6.03. The fraction of sp³-hybridized carbons (Fsp3) is 0.727. The topological polar surface area (TPSA) is 65.1 Å². The molecule has 0 spiro atoms. The Bertz CT molecular complexity index is 320. The van der Waals surface area contributed by atoms with Gasteiger partial charge in [-0.1, -0.05) is 0 Å². The Kier molecular flexibility index (Phi) is 3.93. The van der Waals surface area contributed by atoms with E-state index >= 15 is 0 Å². The van der Waals surface area contributed by atoms with Crippen molar-refractivity contribution in [1.29, 1.82) is 0 Å². The lowest BCUT2D eigenvalue weighted by atomic mass is 10.1. The Morgan fingerprint density at radius 2 is 2.56 bits per heavy atom. The van der Waals surface area contributed by atoms with Crippen LogP contribution in [0.25, 0.3) is 0 Å². The average Bonchev–Trinajstić information content (AvgIpc) is 2.74. The maximum atomic E-state index is 6.03. The van der Waals surface area contributed by atoms with Gasteiger partial charge in [0, 0.05) is 26.4 Å². The lowest BCUT2D eigenvalue weighted by Crippen LogP contribution is -2.38. The fourth-order valence-corrected chi connectivity index (χ4v) is 2.02. The minimum atomic E-state index is -0.168. The Morgan fingerprint density at radius 1 is 1.69 bits per heavy atom. The zero-order chi connectivity index (χ0) is 11.4. The second-order valence-corrected chi connectivity index (χ2v) is 4.25. The van der Waals surface area contributed by atoms with Gasteiger partial charge in [-0.05, 0) is 25.3 Å². The predicted molar refractivity (Wildman–Crippen MR) is 61.7 cm³/mol. The van der Waals surface area contributed by atoms with Crippen molar-refractivity contribution in [2.24, 2.45) is 12.8 Å². The summed E-state index contributed by atoms with van der Waals surface area (Å²) >= 11 is 0. The lowest BCUT2D eigenvalue weighted by molar-refractivity contribution is 0.0153. The van der Waals surface area contributed by atoms with Crippen molar-refractivity contribution in [3.8, 4) is 0 Å². The molecule has 0 amide bonds. The first-order chi connectivity index (χ1) is 7.77. The van der Waals surface area contributed by atoms with Crippen LogP contribution in [-0.4, -0.2) is 29.0 Å². The van der Waals surface area contributed by atoms with Gasteiger partial charge >= 0.3 is 0 Å². The molecule has 2 unspecified atom stereocenters. The predicted octanol–water partition coefficient (Wildman–Crippen LogP) is 0.536. The zero-order valence-corrected chi connectivity index (χ0v) is 9.72. The van der Waals surface area contributed by atoms with Crippen molar-refractivity contribution < 1.29 is 4.74 Å². The molecule has 2 atom stereocenters. The molecule has 5 nitrogen and oxygen atoms in total. The molecule has 2 heterocycles. The molecule has 1 aromatic heterocycles. The van der Waals surface area contributed by atoms with Crippen molar-refractivity contribution >= 4 is 0 Å². The van der Waals surface area contributed by atoms with Gasteiger partial charge in [0.25, 0.3) is 0 Å². The summed E-state index contributed by atoms with van der Waals surface area (Å²) < 4.78 is 7.43. The van der Waals surface area contributed by atoms with E-state index in [2.05, 4.69) is 10.4 Å². The largest absolute Gasteiger partial charge is 0.377 e. The smallest absolute Gasteiger partial charge is 0.0982 e. The molecular formula is C11H20N4O. The summed E-state index contributed by atoms with van der Waals surface area (Å²) in [6.45, 7) is 1.69. The molecule has 1 fully saturated rings. The number of aromatic nitrogens is 2. The van der Waals surface area contributed by atoms with Gasteiger partial charge < -0.3 is 10.5 Å². The highest BCUT2D eigenvalue weighted by molar-refractivity contribution is 5.04. The van der Waals surface area contributed by atoms with Crippen LogP contribution in [0.2, 0.25) is 0 Å². The number of ether oxygens (including phenoxy) is 1. The van der Waals surface area contributed by atoms with Gasteiger partial charge in [0.1, 0.15) is 0 Å². The molecule has 0 aliphatic carbocycles. The molecule has 1 saturated heterocycles. The Hall–Kier alpha value is -0.910. The van der Waals surface area contributed by atoms with E-state index < -0.39 is 0 Å². The molecule has 1 aliphatic rings. The van der Waals surface area contributed by atoms with Crippen LogP contribution in [0.5, 0.6) is 0 Å². The van der Waals surface area contributed by atoms with Crippen LogP contribution >= 0.6 is 0 Å². The summed E-state index contributed by atoms with van der Waals surface area (Å²) in [6.07, 6.45) is 5.47. The van der Waals surface area contributed by atoms with E-state index in [-0.39, 0.29) is 6.17 Å². The van der Waals surface area contributed by atoms with Gasteiger partial charge in [0.05, 0.1) is 18.0 Å². The summed E-state index contributed by atoms with van der Waals surface area (Å²) in [7, 11) is 1.90. The van der Waals surface area contributed by atoms with E-state index in [0.29, 0.717) is 6.10 Å². The van der Waals surface area contributed by atoms with Crippen molar-refractivity contribution in [1.82, 2.24) is 15.1 Å². The molecular weight excluding hydrogens is 204 g/mol. The van der Waals surface area contributed by atoms with Crippen molar-refractivity contribution in [2.75, 3.05) is 13.2 Å². The van der Waals surface area contributed by atoms with Crippen molar-refractivity contribution in [3.63, 3.8) is 0 Å². The normalized spacial score (nSPS) is 23.2. The maximum Gasteiger partial charge on any atom is 0.0982 e. The van der Waals surface area contributed by atoms with Crippen LogP contribution in [-0.2, 0) is 11.8 Å². The van der Waals surface area contributed by atoms with Crippen LogP contribution in [0, 0.1) is 0 Å². The quantitative estimate of drug-likeness (QED) is 0.732. The molecule has 1 aromatic rings. The second kappa shape index (κ2) is 5.43. The summed E-state index contributed by atoms with van der Waals surface area (Å²) in [6, 6.07) is 1.93. The van der Waals surface area contributed by atoms with Crippen LogP contribution in [0.1, 0.15) is 31.1 Å². The second-order valence-electron chi connectivity index (χ2n) is 4.25. The molecule has 0 bridgehead atoms. The van der Waals surface area contributed by atoms with Crippen molar-refractivity contribution in [3.05, 3.63) is 18.0 Å². The van der Waals surface area contributed by atoms with E-state index in [0.717, 1.165) is 25.3 Å². The average molecular weight is 224 g/mol. The number of nitrogens with zero attached hydrogens (tertiary/aromatic N) is 2. The van der Waals surface area contributed by atoms with Gasteiger partial charge in [-0.3, -0.25) is 10.00 Å². The SMILES string of the molecule is Cn1nccc1C(N)NCC1CCCCO1. The van der Waals surface area contributed by atoms with Crippen molar-refractivity contribution in [2.45, 2.75) is 31.5 Å². The molecule has 2 rings (SSSR count). The Morgan fingerprint density at radius 3 is 3.19 bits per heavy atom. The third-order valence-electron chi connectivity index (χ3n) is 3.02. The zero-order valence-electron chi connectivity index (χ0n) is 9.72. The standard InChI is InChI=1S/C11H20N4O/c1-15-10(5-6-14-15)11(12)13-8-9-4-2-3-7-16-9/h5-6,9,11,13H,2-4,7-8,12H2,1H3. The Balaban J connectivity index is 1.79. The van der Waals surface area contributed by atoms with Crippen LogP contribution < -0.4 is 11.1 Å². The lowest BCUT2D eigenvalue weighted by Gasteiger charge is -2.24. The summed E-state index contributed by atoms with van der Waals surface area (Å²) in [4.78, 5) is 0. The Labute approximate surface area is 96.0 Å². The molecule has 0 radical (unpaired) electrons. The first-order valence-electron chi connectivity index (χ1n) is 5.86.